The van der Waals surface area contributed by atoms with E-state index < -0.39 is 0 Å². The summed E-state index contributed by atoms with van der Waals surface area (Å²) in [5.41, 5.74) is 0.933. The average molecular weight is 241 g/mol. The molecule has 1 rings (SSSR count). The Kier molecular flexibility index (Phi) is 5.94. The molecule has 3 nitrogen and oxygen atoms in total. The van der Waals surface area contributed by atoms with Gasteiger partial charge in [0.25, 0.3) is 0 Å². The van der Waals surface area contributed by atoms with Gasteiger partial charge in [0.1, 0.15) is 0 Å². The van der Waals surface area contributed by atoms with Crippen molar-refractivity contribution >= 4 is 0 Å². The topological polar surface area (TPSA) is 30.5 Å². The van der Waals surface area contributed by atoms with Gasteiger partial charge in [-0.2, -0.15) is 0 Å². The summed E-state index contributed by atoms with van der Waals surface area (Å²) in [7, 11) is 3.34. The zero-order valence-corrected chi connectivity index (χ0v) is 10.6. The maximum absolute atomic E-state index is 13.5. The summed E-state index contributed by atoms with van der Waals surface area (Å²) in [6.45, 7) is 3.27. The number of nitrogens with one attached hydrogen (secondary N) is 1. The zero-order chi connectivity index (χ0) is 12.7. The normalized spacial score (nSPS) is 12.5. The number of hydrogen-bond acceptors (Lipinski definition) is 3. The van der Waals surface area contributed by atoms with Crippen molar-refractivity contribution in [2.24, 2.45) is 0 Å². The number of methoxy groups -OCH3 is 1. The Morgan fingerprint density at radius 3 is 2.71 bits per heavy atom. The van der Waals surface area contributed by atoms with Gasteiger partial charge in [-0.1, -0.05) is 6.07 Å². The van der Waals surface area contributed by atoms with Gasteiger partial charge in [-0.15, -0.1) is 0 Å². The van der Waals surface area contributed by atoms with Gasteiger partial charge in [0.2, 0.25) is 0 Å². The average Bonchev–Trinajstić information content (AvgIpc) is 2.34. The third kappa shape index (κ3) is 4.32. The molecule has 0 aromatic heterocycles. The fourth-order valence-electron chi connectivity index (χ4n) is 1.63. The summed E-state index contributed by atoms with van der Waals surface area (Å²) in [6.07, 6.45) is 0.734. The summed E-state index contributed by atoms with van der Waals surface area (Å²) in [4.78, 5) is 0. The Morgan fingerprint density at radius 1 is 1.41 bits per heavy atom. The molecule has 0 aliphatic carbocycles. The van der Waals surface area contributed by atoms with E-state index in [2.05, 4.69) is 5.32 Å². The van der Waals surface area contributed by atoms with Gasteiger partial charge < -0.3 is 14.8 Å². The first-order valence-corrected chi connectivity index (χ1v) is 5.78. The molecule has 1 N–H and O–H groups in total. The SMILES string of the molecule is CCOCC(Cc1ccc(OC)c(F)c1)NC. The van der Waals surface area contributed by atoms with E-state index in [1.807, 2.05) is 20.0 Å². The molecule has 0 saturated heterocycles. The summed E-state index contributed by atoms with van der Waals surface area (Å²) in [5.74, 6) is -0.0455. The first-order chi connectivity index (χ1) is 8.21. The highest BCUT2D eigenvalue weighted by Crippen LogP contribution is 2.18. The molecular weight excluding hydrogens is 221 g/mol. The Labute approximate surface area is 102 Å². The fourth-order valence-corrected chi connectivity index (χ4v) is 1.63. The Balaban J connectivity index is 2.63. The molecule has 0 radical (unpaired) electrons. The molecule has 1 unspecified atom stereocenters. The largest absolute Gasteiger partial charge is 0.494 e. The van der Waals surface area contributed by atoms with Crippen molar-refractivity contribution in [2.75, 3.05) is 27.4 Å². The Bertz CT molecular complexity index is 344. The highest BCUT2D eigenvalue weighted by Gasteiger charge is 2.09. The van der Waals surface area contributed by atoms with Crippen molar-refractivity contribution in [3.8, 4) is 5.75 Å². The highest BCUT2D eigenvalue weighted by molar-refractivity contribution is 5.29. The molecule has 0 heterocycles. The fraction of sp³-hybridized carbons (Fsp3) is 0.538. The zero-order valence-electron chi connectivity index (χ0n) is 10.6. The van der Waals surface area contributed by atoms with Crippen molar-refractivity contribution in [3.05, 3.63) is 29.6 Å². The van der Waals surface area contributed by atoms with Crippen LogP contribution in [0.5, 0.6) is 5.75 Å². The third-order valence-corrected chi connectivity index (χ3v) is 2.63. The number of halogens is 1. The van der Waals surface area contributed by atoms with Crippen molar-refractivity contribution < 1.29 is 13.9 Å². The van der Waals surface area contributed by atoms with E-state index in [0.717, 1.165) is 12.0 Å². The molecular formula is C13H20FNO2. The van der Waals surface area contributed by atoms with Crippen LogP contribution >= 0.6 is 0 Å². The summed E-state index contributed by atoms with van der Waals surface area (Å²) in [6, 6.07) is 5.23. The van der Waals surface area contributed by atoms with E-state index in [1.165, 1.54) is 13.2 Å². The van der Waals surface area contributed by atoms with Crippen molar-refractivity contribution in [3.63, 3.8) is 0 Å². The van der Waals surface area contributed by atoms with Gasteiger partial charge in [0.15, 0.2) is 11.6 Å². The van der Waals surface area contributed by atoms with Crippen LogP contribution in [0.3, 0.4) is 0 Å². The molecule has 1 aromatic carbocycles. The van der Waals surface area contributed by atoms with Crippen LogP contribution in [0.1, 0.15) is 12.5 Å². The van der Waals surface area contributed by atoms with E-state index in [1.54, 1.807) is 6.07 Å². The van der Waals surface area contributed by atoms with Crippen LogP contribution in [0.15, 0.2) is 18.2 Å². The molecule has 0 saturated carbocycles. The van der Waals surface area contributed by atoms with Gasteiger partial charge in [0, 0.05) is 12.6 Å². The van der Waals surface area contributed by atoms with Gasteiger partial charge in [-0.05, 0) is 38.1 Å². The quantitative estimate of drug-likeness (QED) is 0.792. The van der Waals surface area contributed by atoms with Crippen LogP contribution in [0.2, 0.25) is 0 Å². The minimum absolute atomic E-state index is 0.197. The second-order valence-electron chi connectivity index (χ2n) is 3.82. The molecule has 0 bridgehead atoms. The van der Waals surface area contributed by atoms with Crippen LogP contribution in [-0.4, -0.2) is 33.4 Å². The van der Waals surface area contributed by atoms with Gasteiger partial charge in [-0.25, -0.2) is 4.39 Å². The van der Waals surface area contributed by atoms with Crippen molar-refractivity contribution in [1.82, 2.24) is 5.32 Å². The molecule has 1 atom stereocenters. The van der Waals surface area contributed by atoms with Crippen molar-refractivity contribution in [2.45, 2.75) is 19.4 Å². The second-order valence-corrected chi connectivity index (χ2v) is 3.82. The predicted molar refractivity (Wildman–Crippen MR) is 66.0 cm³/mol. The van der Waals surface area contributed by atoms with Crippen LogP contribution in [0.4, 0.5) is 4.39 Å². The summed E-state index contributed by atoms with van der Waals surface area (Å²) < 4.78 is 23.7. The monoisotopic (exact) mass is 241 g/mol. The molecule has 17 heavy (non-hydrogen) atoms. The first kappa shape index (κ1) is 13.9. The molecule has 0 aliphatic heterocycles. The Hall–Kier alpha value is -1.13. The van der Waals surface area contributed by atoms with Crippen LogP contribution in [0, 0.1) is 5.82 Å². The lowest BCUT2D eigenvalue weighted by atomic mass is 10.1. The standard InChI is InChI=1S/C13H20FNO2/c1-4-17-9-11(15-2)7-10-5-6-13(16-3)12(14)8-10/h5-6,8,11,15H,4,7,9H2,1-3H3. The third-order valence-electron chi connectivity index (χ3n) is 2.63. The molecule has 0 fully saturated rings. The Morgan fingerprint density at radius 2 is 2.18 bits per heavy atom. The molecule has 0 amide bonds. The maximum Gasteiger partial charge on any atom is 0.165 e. The molecule has 0 aliphatic rings. The summed E-state index contributed by atoms with van der Waals surface area (Å²) >= 11 is 0. The van der Waals surface area contributed by atoms with E-state index in [4.69, 9.17) is 9.47 Å². The molecule has 0 spiro atoms. The van der Waals surface area contributed by atoms with Gasteiger partial charge in [-0.3, -0.25) is 0 Å². The van der Waals surface area contributed by atoms with E-state index in [0.29, 0.717) is 13.2 Å². The number of benzene rings is 1. The molecule has 4 heteroatoms. The number of likely N-dealkylation sites (N-methyl/N-ethyl adjacent to an activating group) is 1. The number of ether oxygens (including phenoxy) is 2. The highest BCUT2D eigenvalue weighted by atomic mass is 19.1. The minimum Gasteiger partial charge on any atom is -0.494 e. The van der Waals surface area contributed by atoms with E-state index in [-0.39, 0.29) is 17.6 Å². The van der Waals surface area contributed by atoms with E-state index in [9.17, 15) is 4.39 Å². The number of hydrogen-bond donors (Lipinski definition) is 1. The van der Waals surface area contributed by atoms with Crippen LogP contribution < -0.4 is 10.1 Å². The van der Waals surface area contributed by atoms with Crippen LogP contribution in [0.25, 0.3) is 0 Å². The first-order valence-electron chi connectivity index (χ1n) is 5.78. The molecule has 96 valence electrons. The molecule has 1 aromatic rings. The lowest BCUT2D eigenvalue weighted by molar-refractivity contribution is 0.125. The van der Waals surface area contributed by atoms with Gasteiger partial charge in [0.05, 0.1) is 13.7 Å². The van der Waals surface area contributed by atoms with E-state index >= 15 is 0 Å². The lowest BCUT2D eigenvalue weighted by Gasteiger charge is -2.16. The lowest BCUT2D eigenvalue weighted by Crippen LogP contribution is -2.32. The second kappa shape index (κ2) is 7.25. The maximum atomic E-state index is 13.5. The number of rotatable bonds is 7. The van der Waals surface area contributed by atoms with Gasteiger partial charge >= 0.3 is 0 Å². The van der Waals surface area contributed by atoms with Crippen LogP contribution in [-0.2, 0) is 11.2 Å². The predicted octanol–water partition coefficient (Wildman–Crippen LogP) is 2.00. The minimum atomic E-state index is -0.323. The van der Waals surface area contributed by atoms with Crippen molar-refractivity contribution in [1.29, 1.82) is 0 Å². The summed E-state index contributed by atoms with van der Waals surface area (Å²) in [5, 5.41) is 3.15. The smallest absolute Gasteiger partial charge is 0.165 e.